The van der Waals surface area contributed by atoms with E-state index >= 15 is 0 Å². The third-order valence-electron chi connectivity index (χ3n) is 8.23. The molecule has 0 unspecified atom stereocenters. The molecule has 0 aliphatic rings. The standard InChI is InChI=1S/C41H35N/c1-5-37-33(24-23-32-11-6-7-13-38(32)37)17-15-28(2)35-18-16-29(3)40(26-35)41-30(4)10-8-14-39(41)34-21-19-31(20-22-34)36-12-9-25-42-27-36/h5-27H,1-4H3/b28-15+,33-17-,37-5-. The number of aryl methyl sites for hydroxylation is 2. The number of nitrogens with zero attached hydrogens (tertiary/aromatic N) is 1. The summed E-state index contributed by atoms with van der Waals surface area (Å²) >= 11 is 0. The molecule has 6 rings (SSSR count). The summed E-state index contributed by atoms with van der Waals surface area (Å²) in [5.74, 6) is 0. The predicted molar refractivity (Wildman–Crippen MR) is 181 cm³/mol. The van der Waals surface area contributed by atoms with Gasteiger partial charge in [-0.15, -0.1) is 0 Å². The normalized spacial score (nSPS) is 12.7. The fourth-order valence-electron chi connectivity index (χ4n) is 5.87. The first-order valence-corrected chi connectivity index (χ1v) is 14.6. The van der Waals surface area contributed by atoms with E-state index in [-0.39, 0.29) is 0 Å². The molecule has 0 radical (unpaired) electrons. The van der Waals surface area contributed by atoms with Gasteiger partial charge in [0.15, 0.2) is 0 Å². The van der Waals surface area contributed by atoms with E-state index in [1.54, 1.807) is 0 Å². The topological polar surface area (TPSA) is 12.9 Å². The molecule has 0 spiro atoms. The van der Waals surface area contributed by atoms with Gasteiger partial charge in [-0.25, -0.2) is 0 Å². The second-order valence-electron chi connectivity index (χ2n) is 10.9. The van der Waals surface area contributed by atoms with Gasteiger partial charge in [0.05, 0.1) is 0 Å². The zero-order valence-electron chi connectivity index (χ0n) is 24.7. The van der Waals surface area contributed by atoms with E-state index in [1.807, 2.05) is 18.5 Å². The highest BCUT2D eigenvalue weighted by Crippen LogP contribution is 2.38. The van der Waals surface area contributed by atoms with Crippen molar-refractivity contribution in [2.24, 2.45) is 0 Å². The molecular formula is C41H35N. The maximum absolute atomic E-state index is 4.28. The van der Waals surface area contributed by atoms with Crippen LogP contribution in [0, 0.1) is 13.8 Å². The minimum Gasteiger partial charge on any atom is -0.264 e. The molecule has 0 aliphatic heterocycles. The first kappa shape index (κ1) is 27.2. The van der Waals surface area contributed by atoms with Crippen LogP contribution in [0.3, 0.4) is 0 Å². The Kier molecular flexibility index (Phi) is 7.66. The van der Waals surface area contributed by atoms with E-state index < -0.39 is 0 Å². The van der Waals surface area contributed by atoms with Crippen LogP contribution in [0.4, 0.5) is 0 Å². The summed E-state index contributed by atoms with van der Waals surface area (Å²) in [5.41, 5.74) is 12.4. The van der Waals surface area contributed by atoms with Gasteiger partial charge < -0.3 is 0 Å². The number of aromatic nitrogens is 1. The molecule has 6 aromatic rings. The molecule has 0 aliphatic carbocycles. The van der Waals surface area contributed by atoms with E-state index in [0.29, 0.717) is 0 Å². The lowest BCUT2D eigenvalue weighted by molar-refractivity contribution is 1.33. The third-order valence-corrected chi connectivity index (χ3v) is 8.23. The number of hydrogen-bond acceptors (Lipinski definition) is 1. The van der Waals surface area contributed by atoms with E-state index in [2.05, 4.69) is 154 Å². The number of benzene rings is 5. The van der Waals surface area contributed by atoms with Gasteiger partial charge in [-0.3, -0.25) is 4.98 Å². The van der Waals surface area contributed by atoms with Gasteiger partial charge in [0.2, 0.25) is 0 Å². The summed E-state index contributed by atoms with van der Waals surface area (Å²) in [6.07, 6.45) is 10.4. The van der Waals surface area contributed by atoms with Gasteiger partial charge in [-0.05, 0) is 117 Å². The monoisotopic (exact) mass is 541 g/mol. The molecule has 204 valence electrons. The van der Waals surface area contributed by atoms with Crippen molar-refractivity contribution in [1.82, 2.24) is 4.98 Å². The molecule has 0 N–H and O–H groups in total. The summed E-state index contributed by atoms with van der Waals surface area (Å²) < 4.78 is 0. The highest BCUT2D eigenvalue weighted by Gasteiger charge is 2.14. The minimum absolute atomic E-state index is 1.13. The van der Waals surface area contributed by atoms with Crippen LogP contribution >= 0.6 is 0 Å². The Labute approximate surface area is 248 Å². The molecule has 42 heavy (non-hydrogen) atoms. The highest BCUT2D eigenvalue weighted by molar-refractivity contribution is 5.89. The van der Waals surface area contributed by atoms with Crippen LogP contribution in [-0.2, 0) is 0 Å². The van der Waals surface area contributed by atoms with Gasteiger partial charge in [-0.2, -0.15) is 0 Å². The van der Waals surface area contributed by atoms with Gasteiger partial charge in [0.1, 0.15) is 0 Å². The van der Waals surface area contributed by atoms with Gasteiger partial charge >= 0.3 is 0 Å². The minimum atomic E-state index is 1.13. The SMILES string of the molecule is C/C=c1/c(=C\C=C(/C)c2ccc(C)c(-c3c(C)cccc3-c3ccc(-c4cccnc4)cc3)c2)ccc2ccccc12. The molecule has 0 amide bonds. The Hall–Kier alpha value is -5.01. The maximum Gasteiger partial charge on any atom is 0.0346 e. The van der Waals surface area contributed by atoms with Crippen molar-refractivity contribution in [3.8, 4) is 33.4 Å². The summed E-state index contributed by atoms with van der Waals surface area (Å²) in [4.78, 5) is 4.28. The molecule has 1 nitrogen and oxygen atoms in total. The zero-order chi connectivity index (χ0) is 29.1. The predicted octanol–water partition coefficient (Wildman–Crippen LogP) is 9.54. The Balaban J connectivity index is 1.41. The van der Waals surface area contributed by atoms with Crippen LogP contribution in [0.15, 0.2) is 128 Å². The number of rotatable bonds is 5. The van der Waals surface area contributed by atoms with Crippen molar-refractivity contribution in [1.29, 1.82) is 0 Å². The number of fused-ring (bicyclic) bond motifs is 1. The molecule has 1 heteroatoms. The number of allylic oxidation sites excluding steroid dienone is 2. The van der Waals surface area contributed by atoms with Crippen molar-refractivity contribution >= 4 is 28.5 Å². The van der Waals surface area contributed by atoms with Crippen molar-refractivity contribution in [3.63, 3.8) is 0 Å². The quantitative estimate of drug-likeness (QED) is 0.212. The fourth-order valence-corrected chi connectivity index (χ4v) is 5.87. The zero-order valence-corrected chi connectivity index (χ0v) is 24.7. The molecule has 0 atom stereocenters. The molecule has 1 heterocycles. The maximum atomic E-state index is 4.28. The van der Waals surface area contributed by atoms with E-state index in [9.17, 15) is 0 Å². The average molecular weight is 542 g/mol. The lowest BCUT2D eigenvalue weighted by atomic mass is 9.87. The Morgan fingerprint density at radius 1 is 0.667 bits per heavy atom. The molecule has 5 aromatic carbocycles. The van der Waals surface area contributed by atoms with Gasteiger partial charge in [0.25, 0.3) is 0 Å². The van der Waals surface area contributed by atoms with Crippen LogP contribution in [0.25, 0.3) is 61.9 Å². The Morgan fingerprint density at radius 2 is 1.48 bits per heavy atom. The Bertz CT molecular complexity index is 2050. The van der Waals surface area contributed by atoms with Crippen LogP contribution < -0.4 is 10.4 Å². The molecule has 1 aromatic heterocycles. The summed E-state index contributed by atoms with van der Waals surface area (Å²) in [7, 11) is 0. The molecular weight excluding hydrogens is 506 g/mol. The fraction of sp³-hybridized carbons (Fsp3) is 0.0976. The second kappa shape index (κ2) is 11.8. The van der Waals surface area contributed by atoms with Crippen LogP contribution in [0.1, 0.15) is 30.5 Å². The molecule has 0 saturated carbocycles. The van der Waals surface area contributed by atoms with Crippen LogP contribution in [-0.4, -0.2) is 4.98 Å². The molecule has 0 fully saturated rings. The average Bonchev–Trinajstić information content (AvgIpc) is 3.04. The summed E-state index contributed by atoms with van der Waals surface area (Å²) in [6, 6.07) is 39.4. The largest absolute Gasteiger partial charge is 0.264 e. The number of pyridine rings is 1. The summed E-state index contributed by atoms with van der Waals surface area (Å²) in [5, 5.41) is 5.07. The molecule has 0 saturated heterocycles. The van der Waals surface area contributed by atoms with Crippen molar-refractivity contribution in [3.05, 3.63) is 155 Å². The van der Waals surface area contributed by atoms with E-state index in [1.165, 1.54) is 71.3 Å². The van der Waals surface area contributed by atoms with E-state index in [4.69, 9.17) is 0 Å². The van der Waals surface area contributed by atoms with E-state index in [0.717, 1.165) is 5.56 Å². The highest BCUT2D eigenvalue weighted by atomic mass is 14.6. The number of hydrogen-bond donors (Lipinski definition) is 0. The second-order valence-corrected chi connectivity index (χ2v) is 10.9. The van der Waals surface area contributed by atoms with Crippen molar-refractivity contribution in [2.75, 3.05) is 0 Å². The van der Waals surface area contributed by atoms with Gasteiger partial charge in [0, 0.05) is 12.4 Å². The first-order chi connectivity index (χ1) is 20.5. The van der Waals surface area contributed by atoms with Crippen molar-refractivity contribution < 1.29 is 0 Å². The smallest absolute Gasteiger partial charge is 0.0346 e. The summed E-state index contributed by atoms with van der Waals surface area (Å²) in [6.45, 7) is 8.75. The third kappa shape index (κ3) is 5.34. The lowest BCUT2D eigenvalue weighted by Crippen LogP contribution is -2.24. The van der Waals surface area contributed by atoms with Crippen LogP contribution in [0.2, 0.25) is 0 Å². The van der Waals surface area contributed by atoms with Crippen molar-refractivity contribution in [2.45, 2.75) is 27.7 Å². The van der Waals surface area contributed by atoms with Gasteiger partial charge in [-0.1, -0.05) is 115 Å². The molecule has 0 bridgehead atoms. The first-order valence-electron chi connectivity index (χ1n) is 14.6. The Morgan fingerprint density at radius 3 is 2.26 bits per heavy atom. The lowest BCUT2D eigenvalue weighted by Gasteiger charge is -2.17. The van der Waals surface area contributed by atoms with Crippen LogP contribution in [0.5, 0.6) is 0 Å².